The first-order valence-electron chi connectivity index (χ1n) is 6.80. The molecule has 1 aromatic heterocycles. The van der Waals surface area contributed by atoms with E-state index in [9.17, 15) is 0 Å². The van der Waals surface area contributed by atoms with Gasteiger partial charge < -0.3 is 14.3 Å². The maximum absolute atomic E-state index is 5.71. The Bertz CT molecular complexity index is 795. The number of benzene rings is 2. The van der Waals surface area contributed by atoms with E-state index in [2.05, 4.69) is 31.5 Å². The molecule has 0 saturated heterocycles. The molecule has 2 aromatic carbocycles. The summed E-state index contributed by atoms with van der Waals surface area (Å²) in [5, 5.41) is 0. The van der Waals surface area contributed by atoms with Crippen LogP contribution >= 0.6 is 28.1 Å². The van der Waals surface area contributed by atoms with Gasteiger partial charge in [-0.3, -0.25) is 0 Å². The van der Waals surface area contributed by atoms with Crippen molar-refractivity contribution in [3.63, 3.8) is 0 Å². The van der Waals surface area contributed by atoms with Crippen LogP contribution in [-0.2, 0) is 6.54 Å². The van der Waals surface area contributed by atoms with E-state index in [0.29, 0.717) is 6.61 Å². The second-order valence-corrected chi connectivity index (χ2v) is 6.06. The van der Waals surface area contributed by atoms with Crippen molar-refractivity contribution >= 4 is 39.2 Å². The van der Waals surface area contributed by atoms with Gasteiger partial charge in [0.05, 0.1) is 17.6 Å². The van der Waals surface area contributed by atoms with Crippen molar-refractivity contribution in [1.82, 2.24) is 9.55 Å². The van der Waals surface area contributed by atoms with Crippen LogP contribution in [0.5, 0.6) is 5.75 Å². The molecule has 3 nitrogen and oxygen atoms in total. The molecule has 0 radical (unpaired) electrons. The minimum atomic E-state index is 0.673. The largest absolute Gasteiger partial charge is 0.494 e. The number of aromatic amines is 1. The molecule has 0 saturated carbocycles. The number of rotatable bonds is 5. The molecule has 5 heteroatoms. The zero-order chi connectivity index (χ0) is 14.7. The summed E-state index contributed by atoms with van der Waals surface area (Å²) in [5.41, 5.74) is 2.18. The van der Waals surface area contributed by atoms with Crippen molar-refractivity contribution in [2.45, 2.75) is 13.0 Å². The highest BCUT2D eigenvalue weighted by Crippen LogP contribution is 2.20. The van der Waals surface area contributed by atoms with E-state index in [1.165, 1.54) is 0 Å². The first kappa shape index (κ1) is 14.4. The highest BCUT2D eigenvalue weighted by atomic mass is 79.9. The number of aromatic nitrogens is 2. The minimum absolute atomic E-state index is 0.673. The van der Waals surface area contributed by atoms with Crippen molar-refractivity contribution in [1.29, 1.82) is 0 Å². The maximum atomic E-state index is 5.71. The minimum Gasteiger partial charge on any atom is -0.494 e. The first-order valence-corrected chi connectivity index (χ1v) is 8.00. The van der Waals surface area contributed by atoms with Gasteiger partial charge in [0.15, 0.2) is 4.77 Å². The topological polar surface area (TPSA) is 29.9 Å². The summed E-state index contributed by atoms with van der Waals surface area (Å²) >= 11 is 8.89. The average molecular weight is 363 g/mol. The molecule has 21 heavy (non-hydrogen) atoms. The van der Waals surface area contributed by atoms with Gasteiger partial charge in [-0.1, -0.05) is 34.1 Å². The number of halogens is 1. The number of hydrogen-bond acceptors (Lipinski definition) is 2. The third-order valence-corrected chi connectivity index (χ3v) is 4.09. The lowest BCUT2D eigenvalue weighted by atomic mass is 10.3. The summed E-state index contributed by atoms with van der Waals surface area (Å²) in [6, 6.07) is 16.0. The number of para-hydroxylation sites is 1. The van der Waals surface area contributed by atoms with Gasteiger partial charge in [-0.2, -0.15) is 0 Å². The Labute approximate surface area is 136 Å². The van der Waals surface area contributed by atoms with Crippen LogP contribution < -0.4 is 4.74 Å². The van der Waals surface area contributed by atoms with Crippen molar-refractivity contribution in [2.24, 2.45) is 0 Å². The van der Waals surface area contributed by atoms with Gasteiger partial charge in [0, 0.05) is 11.0 Å². The van der Waals surface area contributed by atoms with Gasteiger partial charge in [0.1, 0.15) is 5.75 Å². The smallest absolute Gasteiger partial charge is 0.178 e. The molecular formula is C16H15BrN2OS. The summed E-state index contributed by atoms with van der Waals surface area (Å²) in [6.45, 7) is 1.51. The molecule has 1 heterocycles. The van der Waals surface area contributed by atoms with Crippen molar-refractivity contribution in [2.75, 3.05) is 6.61 Å². The molecule has 0 bridgehead atoms. The lowest BCUT2D eigenvalue weighted by Crippen LogP contribution is -2.04. The number of imidazole rings is 1. The first-order chi connectivity index (χ1) is 10.2. The number of nitrogens with zero attached hydrogens (tertiary/aromatic N) is 1. The lowest BCUT2D eigenvalue weighted by molar-refractivity contribution is 0.302. The van der Waals surface area contributed by atoms with Crippen LogP contribution in [0.4, 0.5) is 0 Å². The van der Waals surface area contributed by atoms with E-state index in [-0.39, 0.29) is 0 Å². The van der Waals surface area contributed by atoms with Gasteiger partial charge in [-0.25, -0.2) is 0 Å². The zero-order valence-corrected chi connectivity index (χ0v) is 13.8. The van der Waals surface area contributed by atoms with Crippen LogP contribution in [0.3, 0.4) is 0 Å². The Hall–Kier alpha value is -1.59. The zero-order valence-electron chi connectivity index (χ0n) is 11.4. The molecule has 0 aliphatic rings. The van der Waals surface area contributed by atoms with E-state index < -0.39 is 0 Å². The van der Waals surface area contributed by atoms with Crippen LogP contribution in [0.2, 0.25) is 0 Å². The molecule has 0 aliphatic heterocycles. The quantitative estimate of drug-likeness (QED) is 0.515. The Morgan fingerprint density at radius 3 is 2.76 bits per heavy atom. The number of aryl methyl sites for hydroxylation is 1. The highest BCUT2D eigenvalue weighted by molar-refractivity contribution is 9.10. The second kappa shape index (κ2) is 6.45. The molecule has 3 rings (SSSR count). The average Bonchev–Trinajstić information content (AvgIpc) is 2.80. The summed E-state index contributed by atoms with van der Waals surface area (Å²) in [7, 11) is 0. The number of ether oxygens (including phenoxy) is 1. The fraction of sp³-hybridized carbons (Fsp3) is 0.188. The molecule has 0 unspecified atom stereocenters. The van der Waals surface area contributed by atoms with Crippen LogP contribution in [0.25, 0.3) is 11.0 Å². The van der Waals surface area contributed by atoms with Gasteiger partial charge in [0.2, 0.25) is 0 Å². The number of hydrogen-bond donors (Lipinski definition) is 1. The maximum Gasteiger partial charge on any atom is 0.178 e. The monoisotopic (exact) mass is 362 g/mol. The fourth-order valence-electron chi connectivity index (χ4n) is 2.28. The molecular weight excluding hydrogens is 348 g/mol. The van der Waals surface area contributed by atoms with E-state index in [1.807, 2.05) is 42.5 Å². The van der Waals surface area contributed by atoms with Crippen LogP contribution in [-0.4, -0.2) is 16.2 Å². The van der Waals surface area contributed by atoms with Crippen LogP contribution in [0.15, 0.2) is 53.0 Å². The van der Waals surface area contributed by atoms with Crippen LogP contribution in [0, 0.1) is 4.77 Å². The Morgan fingerprint density at radius 2 is 1.95 bits per heavy atom. The van der Waals surface area contributed by atoms with E-state index in [0.717, 1.165) is 39.0 Å². The van der Waals surface area contributed by atoms with Gasteiger partial charge in [-0.15, -0.1) is 0 Å². The predicted octanol–water partition coefficient (Wildman–Crippen LogP) is 4.93. The van der Waals surface area contributed by atoms with Crippen LogP contribution in [0.1, 0.15) is 6.42 Å². The normalized spacial score (nSPS) is 10.9. The SMILES string of the molecule is S=c1[nH]c2ccc(Br)cc2n1CCCOc1ccccc1. The number of nitrogens with one attached hydrogen (secondary N) is 1. The summed E-state index contributed by atoms with van der Waals surface area (Å²) in [4.78, 5) is 3.23. The molecule has 3 aromatic rings. The molecule has 0 fully saturated rings. The summed E-state index contributed by atoms with van der Waals surface area (Å²) < 4.78 is 9.63. The molecule has 1 N–H and O–H groups in total. The highest BCUT2D eigenvalue weighted by Gasteiger charge is 2.04. The third kappa shape index (κ3) is 3.36. The second-order valence-electron chi connectivity index (χ2n) is 4.76. The Kier molecular flexibility index (Phi) is 4.41. The molecule has 0 amide bonds. The van der Waals surface area contributed by atoms with Gasteiger partial charge >= 0.3 is 0 Å². The molecule has 0 atom stereocenters. The van der Waals surface area contributed by atoms with Crippen molar-refractivity contribution < 1.29 is 4.74 Å². The van der Waals surface area contributed by atoms with E-state index in [4.69, 9.17) is 17.0 Å². The molecule has 0 spiro atoms. The molecule has 108 valence electrons. The van der Waals surface area contributed by atoms with Gasteiger partial charge in [0.25, 0.3) is 0 Å². The summed E-state index contributed by atoms with van der Waals surface area (Å²) in [6.07, 6.45) is 0.905. The standard InChI is InChI=1S/C16H15BrN2OS/c17-12-7-8-14-15(11-12)19(16(21)18-14)9-4-10-20-13-5-2-1-3-6-13/h1-3,5-8,11H,4,9-10H2,(H,18,21). The van der Waals surface area contributed by atoms with Crippen molar-refractivity contribution in [3.05, 3.63) is 57.8 Å². The Balaban J connectivity index is 1.67. The third-order valence-electron chi connectivity index (χ3n) is 3.28. The predicted molar refractivity (Wildman–Crippen MR) is 91.4 cm³/mol. The molecule has 0 aliphatic carbocycles. The summed E-state index contributed by atoms with van der Waals surface area (Å²) in [5.74, 6) is 0.905. The lowest BCUT2D eigenvalue weighted by Gasteiger charge is -2.07. The van der Waals surface area contributed by atoms with E-state index in [1.54, 1.807) is 0 Å². The van der Waals surface area contributed by atoms with E-state index >= 15 is 0 Å². The number of H-pyrrole nitrogens is 1. The fourth-order valence-corrected chi connectivity index (χ4v) is 2.93. The number of fused-ring (bicyclic) bond motifs is 1. The van der Waals surface area contributed by atoms with Crippen molar-refractivity contribution in [3.8, 4) is 5.75 Å². The Morgan fingerprint density at radius 1 is 1.14 bits per heavy atom. The van der Waals surface area contributed by atoms with Gasteiger partial charge in [-0.05, 0) is 49.0 Å².